The lowest BCUT2D eigenvalue weighted by atomic mass is 10.2. The number of ether oxygens (including phenoxy) is 1. The van der Waals surface area contributed by atoms with E-state index in [1.54, 1.807) is 0 Å². The molecule has 1 aliphatic rings. The second-order valence-corrected chi connectivity index (χ2v) is 4.62. The number of hydrogen-bond acceptors (Lipinski definition) is 5. The van der Waals surface area contributed by atoms with Crippen LogP contribution in [0.2, 0.25) is 0 Å². The van der Waals surface area contributed by atoms with Crippen molar-refractivity contribution in [2.75, 3.05) is 13.2 Å². The van der Waals surface area contributed by atoms with Gasteiger partial charge in [-0.2, -0.15) is 0 Å². The van der Waals surface area contributed by atoms with Crippen LogP contribution in [0.5, 0.6) is 0 Å². The number of rotatable bonds is 5. The standard InChI is InChI=1S/C12H18N2O5/c15-5-1-2-8-6-14(12(18)13-11(8)17)10-4-3-9(7-16)19-10/h6,9-10,15-16H,1-5,7H2,(H,13,17,18)/t9-,10+/m0/s1. The minimum atomic E-state index is -0.513. The van der Waals surface area contributed by atoms with Crippen molar-refractivity contribution in [1.82, 2.24) is 9.55 Å². The molecule has 0 bridgehead atoms. The molecule has 0 amide bonds. The average Bonchev–Trinajstić information content (AvgIpc) is 2.86. The molecule has 2 heterocycles. The molecule has 2 rings (SSSR count). The van der Waals surface area contributed by atoms with E-state index in [1.165, 1.54) is 10.8 Å². The van der Waals surface area contributed by atoms with Crippen LogP contribution in [-0.4, -0.2) is 39.1 Å². The van der Waals surface area contributed by atoms with E-state index >= 15 is 0 Å². The summed E-state index contributed by atoms with van der Waals surface area (Å²) in [4.78, 5) is 25.6. The van der Waals surface area contributed by atoms with E-state index in [0.29, 0.717) is 31.2 Å². The predicted molar refractivity (Wildman–Crippen MR) is 67.0 cm³/mol. The van der Waals surface area contributed by atoms with Gasteiger partial charge in [-0.05, 0) is 25.7 Å². The molecule has 0 aromatic carbocycles. The van der Waals surface area contributed by atoms with Crippen molar-refractivity contribution in [3.8, 4) is 0 Å². The third kappa shape index (κ3) is 3.12. The fourth-order valence-corrected chi connectivity index (χ4v) is 2.21. The van der Waals surface area contributed by atoms with Crippen LogP contribution in [0.15, 0.2) is 15.8 Å². The highest BCUT2D eigenvalue weighted by molar-refractivity contribution is 5.05. The van der Waals surface area contributed by atoms with Gasteiger partial charge in [-0.1, -0.05) is 0 Å². The normalized spacial score (nSPS) is 22.8. The summed E-state index contributed by atoms with van der Waals surface area (Å²) < 4.78 is 6.87. The molecule has 3 N–H and O–H groups in total. The zero-order valence-electron chi connectivity index (χ0n) is 10.5. The second kappa shape index (κ2) is 6.14. The van der Waals surface area contributed by atoms with Crippen LogP contribution >= 0.6 is 0 Å². The lowest BCUT2D eigenvalue weighted by Gasteiger charge is -2.15. The summed E-state index contributed by atoms with van der Waals surface area (Å²) in [6.45, 7) is -0.0863. The van der Waals surface area contributed by atoms with E-state index in [9.17, 15) is 9.59 Å². The Balaban J connectivity index is 2.25. The third-order valence-electron chi connectivity index (χ3n) is 3.24. The van der Waals surface area contributed by atoms with Crippen LogP contribution in [-0.2, 0) is 11.2 Å². The molecule has 19 heavy (non-hydrogen) atoms. The summed E-state index contributed by atoms with van der Waals surface area (Å²) in [5.74, 6) is 0. The molecule has 0 aliphatic carbocycles. The van der Waals surface area contributed by atoms with Crippen molar-refractivity contribution >= 4 is 0 Å². The lowest BCUT2D eigenvalue weighted by molar-refractivity contribution is -0.0247. The summed E-state index contributed by atoms with van der Waals surface area (Å²) in [5, 5.41) is 17.8. The van der Waals surface area contributed by atoms with Crippen LogP contribution in [0, 0.1) is 0 Å². The highest BCUT2D eigenvalue weighted by Crippen LogP contribution is 2.26. The number of aromatic nitrogens is 2. The van der Waals surface area contributed by atoms with Crippen LogP contribution in [0.25, 0.3) is 0 Å². The monoisotopic (exact) mass is 270 g/mol. The van der Waals surface area contributed by atoms with Crippen molar-refractivity contribution in [1.29, 1.82) is 0 Å². The molecule has 1 aliphatic heterocycles. The van der Waals surface area contributed by atoms with E-state index in [4.69, 9.17) is 14.9 Å². The number of aliphatic hydroxyl groups is 2. The van der Waals surface area contributed by atoms with Gasteiger partial charge in [0.05, 0.1) is 12.7 Å². The Morgan fingerprint density at radius 2 is 2.16 bits per heavy atom. The fraction of sp³-hybridized carbons (Fsp3) is 0.667. The summed E-state index contributed by atoms with van der Waals surface area (Å²) in [6, 6.07) is 0. The number of aromatic amines is 1. The van der Waals surface area contributed by atoms with Crippen LogP contribution in [0.3, 0.4) is 0 Å². The van der Waals surface area contributed by atoms with Crippen molar-refractivity contribution in [3.05, 3.63) is 32.6 Å². The van der Waals surface area contributed by atoms with Crippen molar-refractivity contribution in [2.24, 2.45) is 0 Å². The summed E-state index contributed by atoms with van der Waals surface area (Å²) in [6.07, 6.45) is 2.95. The maximum absolute atomic E-state index is 11.8. The Labute approximate surface area is 109 Å². The Kier molecular flexibility index (Phi) is 4.52. The maximum Gasteiger partial charge on any atom is 0.330 e. The number of H-pyrrole nitrogens is 1. The first-order valence-electron chi connectivity index (χ1n) is 6.37. The van der Waals surface area contributed by atoms with Crippen molar-refractivity contribution in [2.45, 2.75) is 38.0 Å². The van der Waals surface area contributed by atoms with Gasteiger partial charge >= 0.3 is 5.69 Å². The number of aryl methyl sites for hydroxylation is 1. The first-order chi connectivity index (χ1) is 9.15. The number of hydrogen-bond donors (Lipinski definition) is 3. The Bertz CT molecular complexity index is 536. The van der Waals surface area contributed by atoms with Gasteiger partial charge in [0.1, 0.15) is 6.23 Å². The SMILES string of the molecule is O=c1[nH]c(=O)n([C@H]2CC[C@@H](CO)O2)cc1CCCO. The molecular weight excluding hydrogens is 252 g/mol. The molecule has 1 aromatic heterocycles. The maximum atomic E-state index is 11.8. The molecule has 0 unspecified atom stereocenters. The molecule has 2 atom stereocenters. The Hall–Kier alpha value is -1.44. The molecule has 106 valence electrons. The van der Waals surface area contributed by atoms with Crippen LogP contribution in [0.1, 0.15) is 31.1 Å². The highest BCUT2D eigenvalue weighted by atomic mass is 16.5. The fourth-order valence-electron chi connectivity index (χ4n) is 2.21. The molecule has 0 saturated carbocycles. The second-order valence-electron chi connectivity index (χ2n) is 4.62. The topological polar surface area (TPSA) is 105 Å². The molecule has 1 aromatic rings. The van der Waals surface area contributed by atoms with Gasteiger partial charge in [-0.15, -0.1) is 0 Å². The Morgan fingerprint density at radius 1 is 1.37 bits per heavy atom. The zero-order valence-corrected chi connectivity index (χ0v) is 10.5. The molecule has 0 radical (unpaired) electrons. The smallest absolute Gasteiger partial charge is 0.330 e. The highest BCUT2D eigenvalue weighted by Gasteiger charge is 2.27. The van der Waals surface area contributed by atoms with Gasteiger partial charge in [-0.25, -0.2) is 4.79 Å². The van der Waals surface area contributed by atoms with Crippen LogP contribution in [0.4, 0.5) is 0 Å². The largest absolute Gasteiger partial charge is 0.396 e. The van der Waals surface area contributed by atoms with E-state index in [2.05, 4.69) is 4.98 Å². The number of aliphatic hydroxyl groups excluding tert-OH is 2. The number of nitrogens with one attached hydrogen (secondary N) is 1. The zero-order chi connectivity index (χ0) is 13.8. The molecule has 1 saturated heterocycles. The molecular formula is C12H18N2O5. The molecule has 7 nitrogen and oxygen atoms in total. The third-order valence-corrected chi connectivity index (χ3v) is 3.24. The lowest BCUT2D eigenvalue weighted by Crippen LogP contribution is -2.34. The van der Waals surface area contributed by atoms with E-state index in [-0.39, 0.29) is 19.3 Å². The van der Waals surface area contributed by atoms with E-state index in [0.717, 1.165) is 0 Å². The molecule has 7 heteroatoms. The summed E-state index contributed by atoms with van der Waals surface area (Å²) in [5.41, 5.74) is -0.488. The predicted octanol–water partition coefficient (Wildman–Crippen LogP) is -0.869. The van der Waals surface area contributed by atoms with Crippen LogP contribution < -0.4 is 11.2 Å². The van der Waals surface area contributed by atoms with Gasteiger partial charge in [0, 0.05) is 18.4 Å². The molecule has 0 spiro atoms. The van der Waals surface area contributed by atoms with Gasteiger partial charge in [0.15, 0.2) is 0 Å². The summed E-state index contributed by atoms with van der Waals surface area (Å²) >= 11 is 0. The minimum Gasteiger partial charge on any atom is -0.396 e. The van der Waals surface area contributed by atoms with Gasteiger partial charge in [0.25, 0.3) is 5.56 Å². The minimum absolute atomic E-state index is 0.00885. The van der Waals surface area contributed by atoms with Gasteiger partial charge < -0.3 is 14.9 Å². The first kappa shape index (κ1) is 14.0. The quantitative estimate of drug-likeness (QED) is 0.645. The van der Waals surface area contributed by atoms with E-state index < -0.39 is 17.5 Å². The van der Waals surface area contributed by atoms with E-state index in [1.807, 2.05) is 0 Å². The number of nitrogens with zero attached hydrogens (tertiary/aromatic N) is 1. The van der Waals surface area contributed by atoms with Crippen molar-refractivity contribution in [3.63, 3.8) is 0 Å². The van der Waals surface area contributed by atoms with Gasteiger partial charge in [0.2, 0.25) is 0 Å². The summed E-state index contributed by atoms with van der Waals surface area (Å²) in [7, 11) is 0. The molecule has 1 fully saturated rings. The van der Waals surface area contributed by atoms with Gasteiger partial charge in [-0.3, -0.25) is 14.3 Å². The Morgan fingerprint density at radius 3 is 2.79 bits per heavy atom. The first-order valence-corrected chi connectivity index (χ1v) is 6.37. The van der Waals surface area contributed by atoms with Crippen molar-refractivity contribution < 1.29 is 14.9 Å². The average molecular weight is 270 g/mol.